The number of unbranched alkanes of at least 4 members (excludes halogenated alkanes) is 4. The van der Waals surface area contributed by atoms with Gasteiger partial charge in [-0.1, -0.05) is 38.7 Å². The summed E-state index contributed by atoms with van der Waals surface area (Å²) >= 11 is 5.21. The highest BCUT2D eigenvalue weighted by Gasteiger charge is 2.18. The largest absolute Gasteiger partial charge is 0.378 e. The van der Waals surface area contributed by atoms with E-state index in [0.29, 0.717) is 44.0 Å². The maximum Gasteiger partial charge on any atom is 0.254 e. The molecule has 1 heterocycles. The first-order valence-electron chi connectivity index (χ1n) is 9.68. The van der Waals surface area contributed by atoms with E-state index in [-0.39, 0.29) is 16.9 Å². The maximum atomic E-state index is 12.5. The molecule has 1 saturated heterocycles. The number of carbonyl (C=O) groups excluding carboxylic acids is 2. The summed E-state index contributed by atoms with van der Waals surface area (Å²) in [6.45, 7) is 4.50. The van der Waals surface area contributed by atoms with Crippen molar-refractivity contribution < 1.29 is 14.3 Å². The SMILES string of the molecule is CCCCCCCC(=O)NC(=S)Nc1cccc(C(=O)N2CCOCC2)c1. The van der Waals surface area contributed by atoms with Crippen LogP contribution in [0.1, 0.15) is 55.8 Å². The molecule has 2 rings (SSSR count). The Bertz CT molecular complexity index is 645. The van der Waals surface area contributed by atoms with Gasteiger partial charge in [-0.25, -0.2) is 0 Å². The number of hydrogen-bond donors (Lipinski definition) is 2. The predicted octanol–water partition coefficient (Wildman–Crippen LogP) is 3.33. The van der Waals surface area contributed by atoms with Crippen LogP contribution in [0.2, 0.25) is 0 Å². The predicted molar refractivity (Wildman–Crippen MR) is 111 cm³/mol. The number of thiocarbonyl (C=S) groups is 1. The van der Waals surface area contributed by atoms with Crippen molar-refractivity contribution in [2.45, 2.75) is 45.4 Å². The highest BCUT2D eigenvalue weighted by atomic mass is 32.1. The van der Waals surface area contributed by atoms with E-state index in [1.807, 2.05) is 6.07 Å². The summed E-state index contributed by atoms with van der Waals surface area (Å²) in [5, 5.41) is 5.94. The minimum Gasteiger partial charge on any atom is -0.378 e. The van der Waals surface area contributed by atoms with E-state index in [2.05, 4.69) is 17.6 Å². The van der Waals surface area contributed by atoms with Crippen molar-refractivity contribution in [3.8, 4) is 0 Å². The molecule has 6 nitrogen and oxygen atoms in total. The molecule has 1 fully saturated rings. The first kappa shape index (κ1) is 21.3. The van der Waals surface area contributed by atoms with Gasteiger partial charge in [0, 0.05) is 30.8 Å². The van der Waals surface area contributed by atoms with Gasteiger partial charge in [-0.2, -0.15) is 0 Å². The lowest BCUT2D eigenvalue weighted by atomic mass is 10.1. The first-order valence-corrected chi connectivity index (χ1v) is 10.1. The number of amides is 2. The fourth-order valence-electron chi connectivity index (χ4n) is 2.92. The van der Waals surface area contributed by atoms with Crippen LogP contribution in [0.4, 0.5) is 5.69 Å². The van der Waals surface area contributed by atoms with Crippen LogP contribution < -0.4 is 10.6 Å². The molecule has 0 saturated carbocycles. The van der Waals surface area contributed by atoms with Crippen molar-refractivity contribution in [2.24, 2.45) is 0 Å². The Morgan fingerprint density at radius 3 is 2.63 bits per heavy atom. The molecule has 1 aliphatic rings. The summed E-state index contributed by atoms with van der Waals surface area (Å²) in [6, 6.07) is 7.15. The molecule has 1 aromatic carbocycles. The van der Waals surface area contributed by atoms with Crippen LogP contribution in [0, 0.1) is 0 Å². The van der Waals surface area contributed by atoms with Gasteiger partial charge in [0.1, 0.15) is 0 Å². The second-order valence-corrected chi connectivity index (χ2v) is 7.06. The standard InChI is InChI=1S/C20H29N3O3S/c1-2-3-4-5-6-10-18(24)22-20(27)21-17-9-7-8-16(15-17)19(25)23-11-13-26-14-12-23/h7-9,15H,2-6,10-14H2,1H3,(H2,21,22,24,27). The molecule has 0 spiro atoms. The zero-order valence-corrected chi connectivity index (χ0v) is 16.8. The third kappa shape index (κ3) is 7.64. The second-order valence-electron chi connectivity index (χ2n) is 6.65. The number of benzene rings is 1. The topological polar surface area (TPSA) is 70.7 Å². The molecule has 0 aliphatic carbocycles. The van der Waals surface area contributed by atoms with Crippen LogP contribution in [0.5, 0.6) is 0 Å². The summed E-state index contributed by atoms with van der Waals surface area (Å²) in [6.07, 6.45) is 5.97. The average molecular weight is 392 g/mol. The summed E-state index contributed by atoms with van der Waals surface area (Å²) in [5.74, 6) is -0.103. The molecule has 0 aromatic heterocycles. The first-order chi connectivity index (χ1) is 13.1. The molecule has 27 heavy (non-hydrogen) atoms. The van der Waals surface area contributed by atoms with Crippen molar-refractivity contribution >= 4 is 34.8 Å². The molecule has 0 radical (unpaired) electrons. The monoisotopic (exact) mass is 391 g/mol. The maximum absolute atomic E-state index is 12.5. The average Bonchev–Trinajstić information content (AvgIpc) is 2.68. The Morgan fingerprint density at radius 1 is 1.15 bits per heavy atom. The molecular formula is C20H29N3O3S. The summed E-state index contributed by atoms with van der Waals surface area (Å²) < 4.78 is 5.28. The van der Waals surface area contributed by atoms with E-state index in [1.54, 1.807) is 23.1 Å². The van der Waals surface area contributed by atoms with Crippen molar-refractivity contribution in [3.05, 3.63) is 29.8 Å². The van der Waals surface area contributed by atoms with E-state index in [1.165, 1.54) is 12.8 Å². The number of anilines is 1. The number of ether oxygens (including phenoxy) is 1. The fourth-order valence-corrected chi connectivity index (χ4v) is 3.15. The van der Waals surface area contributed by atoms with E-state index >= 15 is 0 Å². The van der Waals surface area contributed by atoms with Crippen molar-refractivity contribution in [1.82, 2.24) is 10.2 Å². The molecule has 2 amide bonds. The highest BCUT2D eigenvalue weighted by Crippen LogP contribution is 2.14. The van der Waals surface area contributed by atoms with E-state index < -0.39 is 0 Å². The van der Waals surface area contributed by atoms with Gasteiger partial charge in [-0.05, 0) is 36.8 Å². The Kier molecular flexibility index (Phi) is 9.21. The zero-order chi connectivity index (χ0) is 19.5. The van der Waals surface area contributed by atoms with E-state index in [9.17, 15) is 9.59 Å². The summed E-state index contributed by atoms with van der Waals surface area (Å²) in [5.41, 5.74) is 1.27. The lowest BCUT2D eigenvalue weighted by Gasteiger charge is -2.27. The molecule has 7 heteroatoms. The number of carbonyl (C=O) groups is 2. The Labute approximate surface area is 166 Å². The Balaban J connectivity index is 1.80. The molecule has 0 atom stereocenters. The van der Waals surface area contributed by atoms with Crippen LogP contribution in [0.15, 0.2) is 24.3 Å². The van der Waals surface area contributed by atoms with Crippen molar-refractivity contribution in [1.29, 1.82) is 0 Å². The third-order valence-electron chi connectivity index (χ3n) is 4.43. The molecule has 2 N–H and O–H groups in total. The van der Waals surface area contributed by atoms with Crippen LogP contribution in [0.25, 0.3) is 0 Å². The molecule has 148 valence electrons. The number of morpholine rings is 1. The molecule has 1 aliphatic heterocycles. The molecular weight excluding hydrogens is 362 g/mol. The van der Waals surface area contributed by atoms with Gasteiger partial charge in [0.05, 0.1) is 13.2 Å². The molecule has 0 unspecified atom stereocenters. The van der Waals surface area contributed by atoms with Crippen LogP contribution in [0.3, 0.4) is 0 Å². The second kappa shape index (κ2) is 11.7. The van der Waals surface area contributed by atoms with Gasteiger partial charge in [0.25, 0.3) is 5.91 Å². The fraction of sp³-hybridized carbons (Fsp3) is 0.550. The van der Waals surface area contributed by atoms with Gasteiger partial charge in [0.2, 0.25) is 5.91 Å². The van der Waals surface area contributed by atoms with Gasteiger partial charge in [0.15, 0.2) is 5.11 Å². The minimum absolute atomic E-state index is 0.0241. The van der Waals surface area contributed by atoms with Gasteiger partial charge in [-0.3, -0.25) is 9.59 Å². The van der Waals surface area contributed by atoms with Crippen molar-refractivity contribution in [3.63, 3.8) is 0 Å². The number of rotatable bonds is 8. The van der Waals surface area contributed by atoms with Crippen LogP contribution >= 0.6 is 12.2 Å². The zero-order valence-electron chi connectivity index (χ0n) is 16.0. The Morgan fingerprint density at radius 2 is 1.89 bits per heavy atom. The lowest BCUT2D eigenvalue weighted by molar-refractivity contribution is -0.119. The normalized spacial score (nSPS) is 13.9. The molecule has 0 bridgehead atoms. The number of hydrogen-bond acceptors (Lipinski definition) is 4. The van der Waals surface area contributed by atoms with E-state index in [0.717, 1.165) is 19.3 Å². The van der Waals surface area contributed by atoms with Gasteiger partial charge in [-0.15, -0.1) is 0 Å². The molecule has 1 aromatic rings. The summed E-state index contributed by atoms with van der Waals surface area (Å²) in [7, 11) is 0. The quantitative estimate of drug-likeness (QED) is 0.525. The van der Waals surface area contributed by atoms with Gasteiger partial charge < -0.3 is 20.3 Å². The van der Waals surface area contributed by atoms with Crippen LogP contribution in [-0.4, -0.2) is 48.1 Å². The number of nitrogens with zero attached hydrogens (tertiary/aromatic N) is 1. The third-order valence-corrected chi connectivity index (χ3v) is 4.63. The van der Waals surface area contributed by atoms with E-state index in [4.69, 9.17) is 17.0 Å². The smallest absolute Gasteiger partial charge is 0.254 e. The summed E-state index contributed by atoms with van der Waals surface area (Å²) in [4.78, 5) is 26.3. The Hall–Kier alpha value is -1.99. The lowest BCUT2D eigenvalue weighted by Crippen LogP contribution is -2.40. The highest BCUT2D eigenvalue weighted by molar-refractivity contribution is 7.80. The van der Waals surface area contributed by atoms with Crippen LogP contribution in [-0.2, 0) is 9.53 Å². The van der Waals surface area contributed by atoms with Gasteiger partial charge >= 0.3 is 0 Å². The number of nitrogens with one attached hydrogen (secondary N) is 2. The minimum atomic E-state index is -0.0791. The van der Waals surface area contributed by atoms with Crippen molar-refractivity contribution in [2.75, 3.05) is 31.6 Å².